The van der Waals surface area contributed by atoms with Crippen LogP contribution in [0.15, 0.2) is 36.4 Å². The van der Waals surface area contributed by atoms with Crippen molar-refractivity contribution in [2.45, 2.75) is 46.6 Å². The molecule has 0 aliphatic carbocycles. The number of carbonyl (C=O) groups is 1. The number of aryl methyl sites for hydroxylation is 2. The maximum Gasteiger partial charge on any atom is 0.220 e. The molecule has 0 aliphatic rings. The maximum absolute atomic E-state index is 11.9. The Kier molecular flexibility index (Phi) is 8.35. The smallest absolute Gasteiger partial charge is 0.220 e. The molecule has 0 radical (unpaired) electrons. The zero-order valence-corrected chi connectivity index (χ0v) is 16.2. The fourth-order valence-electron chi connectivity index (χ4n) is 2.87. The molecule has 1 aromatic carbocycles. The van der Waals surface area contributed by atoms with Crippen LogP contribution in [0.5, 0.6) is 0 Å². The third kappa shape index (κ3) is 7.40. The van der Waals surface area contributed by atoms with Crippen molar-refractivity contribution in [3.63, 3.8) is 0 Å². The molecule has 1 atom stereocenters. The highest BCUT2D eigenvalue weighted by molar-refractivity contribution is 5.75. The largest absolute Gasteiger partial charge is 0.381 e. The van der Waals surface area contributed by atoms with Gasteiger partial charge in [-0.2, -0.15) is 5.10 Å². The second-order valence-electron chi connectivity index (χ2n) is 6.97. The molecule has 0 spiro atoms. The van der Waals surface area contributed by atoms with E-state index in [4.69, 9.17) is 4.74 Å². The topological polar surface area (TPSA) is 56.2 Å². The molecule has 0 saturated heterocycles. The lowest BCUT2D eigenvalue weighted by Crippen LogP contribution is -2.30. The van der Waals surface area contributed by atoms with Crippen LogP contribution in [0.4, 0.5) is 0 Å². The molecule has 1 unspecified atom stereocenters. The molecular formula is C21H31N3O2. The van der Waals surface area contributed by atoms with Crippen molar-refractivity contribution in [3.05, 3.63) is 53.3 Å². The molecule has 2 rings (SSSR count). The predicted molar refractivity (Wildman–Crippen MR) is 104 cm³/mol. The van der Waals surface area contributed by atoms with Crippen LogP contribution in [-0.2, 0) is 22.5 Å². The van der Waals surface area contributed by atoms with E-state index in [-0.39, 0.29) is 5.91 Å². The summed E-state index contributed by atoms with van der Waals surface area (Å²) >= 11 is 0. The van der Waals surface area contributed by atoms with Crippen molar-refractivity contribution in [2.75, 3.05) is 19.8 Å². The van der Waals surface area contributed by atoms with Crippen LogP contribution in [0.3, 0.4) is 0 Å². The first-order valence-electron chi connectivity index (χ1n) is 9.44. The molecule has 1 aromatic heterocycles. The standard InChI is InChI=1S/C21H31N3O2/c1-17(16-24-19(3)14-18(2)23-24)15-22-21(25)10-7-12-26-13-11-20-8-5-4-6-9-20/h4-6,8-9,14,17H,7,10-13,15-16H2,1-3H3,(H,22,25). The van der Waals surface area contributed by atoms with Crippen molar-refractivity contribution in [3.8, 4) is 0 Å². The highest BCUT2D eigenvalue weighted by Crippen LogP contribution is 2.06. The Morgan fingerprint density at radius 3 is 2.69 bits per heavy atom. The van der Waals surface area contributed by atoms with E-state index in [9.17, 15) is 4.79 Å². The van der Waals surface area contributed by atoms with Gasteiger partial charge in [-0.25, -0.2) is 0 Å². The van der Waals surface area contributed by atoms with E-state index < -0.39 is 0 Å². The Bertz CT molecular complexity index is 667. The normalized spacial score (nSPS) is 12.1. The van der Waals surface area contributed by atoms with Crippen molar-refractivity contribution in [1.82, 2.24) is 15.1 Å². The van der Waals surface area contributed by atoms with Gasteiger partial charge in [-0.05, 0) is 44.2 Å². The monoisotopic (exact) mass is 357 g/mol. The molecule has 5 heteroatoms. The highest BCUT2D eigenvalue weighted by atomic mass is 16.5. The number of aromatic nitrogens is 2. The average molecular weight is 357 g/mol. The Labute approximate surface area is 156 Å². The first kappa shape index (κ1) is 20.2. The maximum atomic E-state index is 11.9. The number of ether oxygens (including phenoxy) is 1. The molecule has 0 bridgehead atoms. The van der Waals surface area contributed by atoms with Crippen LogP contribution in [0.1, 0.15) is 36.7 Å². The number of hydrogen-bond acceptors (Lipinski definition) is 3. The predicted octanol–water partition coefficient (Wildman–Crippen LogP) is 3.29. The third-order valence-electron chi connectivity index (χ3n) is 4.31. The van der Waals surface area contributed by atoms with Crippen LogP contribution in [0.2, 0.25) is 0 Å². The zero-order valence-electron chi connectivity index (χ0n) is 16.2. The molecule has 142 valence electrons. The Balaban J connectivity index is 1.51. The Morgan fingerprint density at radius 2 is 2.00 bits per heavy atom. The Morgan fingerprint density at radius 1 is 1.23 bits per heavy atom. The minimum atomic E-state index is 0.0943. The number of nitrogens with one attached hydrogen (secondary N) is 1. The van der Waals surface area contributed by atoms with Crippen molar-refractivity contribution >= 4 is 5.91 Å². The third-order valence-corrected chi connectivity index (χ3v) is 4.31. The second kappa shape index (κ2) is 10.8. The van der Waals surface area contributed by atoms with Gasteiger partial charge < -0.3 is 10.1 Å². The number of nitrogens with zero attached hydrogens (tertiary/aromatic N) is 2. The molecule has 1 N–H and O–H groups in total. The molecular weight excluding hydrogens is 326 g/mol. The summed E-state index contributed by atoms with van der Waals surface area (Å²) in [7, 11) is 0. The molecule has 0 saturated carbocycles. The van der Waals surface area contributed by atoms with Gasteiger partial charge in [0, 0.05) is 31.8 Å². The minimum Gasteiger partial charge on any atom is -0.381 e. The first-order chi connectivity index (χ1) is 12.5. The number of hydrogen-bond donors (Lipinski definition) is 1. The van der Waals surface area contributed by atoms with E-state index in [1.165, 1.54) is 5.56 Å². The van der Waals surface area contributed by atoms with Crippen molar-refractivity contribution in [1.29, 1.82) is 0 Å². The van der Waals surface area contributed by atoms with E-state index in [2.05, 4.69) is 42.5 Å². The van der Waals surface area contributed by atoms with Crippen LogP contribution in [0, 0.1) is 19.8 Å². The SMILES string of the molecule is Cc1cc(C)n(CC(C)CNC(=O)CCCOCCc2ccccc2)n1. The van der Waals surface area contributed by atoms with Gasteiger partial charge in [-0.3, -0.25) is 9.48 Å². The van der Waals surface area contributed by atoms with Crippen LogP contribution < -0.4 is 5.32 Å². The number of carbonyl (C=O) groups excluding carboxylic acids is 1. The summed E-state index contributed by atoms with van der Waals surface area (Å²) < 4.78 is 7.62. The molecule has 1 heterocycles. The molecule has 0 aliphatic heterocycles. The molecule has 1 amide bonds. The Hall–Kier alpha value is -2.14. The highest BCUT2D eigenvalue weighted by Gasteiger charge is 2.09. The van der Waals surface area contributed by atoms with Gasteiger partial charge in [-0.1, -0.05) is 37.3 Å². The molecule has 0 fully saturated rings. The lowest BCUT2D eigenvalue weighted by Gasteiger charge is -2.14. The van der Waals surface area contributed by atoms with Gasteiger partial charge in [0.05, 0.1) is 12.3 Å². The number of amides is 1. The summed E-state index contributed by atoms with van der Waals surface area (Å²) in [6.45, 7) is 9.01. The minimum absolute atomic E-state index is 0.0943. The second-order valence-corrected chi connectivity index (χ2v) is 6.97. The van der Waals surface area contributed by atoms with Crippen molar-refractivity contribution < 1.29 is 9.53 Å². The first-order valence-corrected chi connectivity index (χ1v) is 9.44. The van der Waals surface area contributed by atoms with E-state index in [1.807, 2.05) is 29.8 Å². The lowest BCUT2D eigenvalue weighted by molar-refractivity contribution is -0.121. The summed E-state index contributed by atoms with van der Waals surface area (Å²) in [5.74, 6) is 0.441. The van der Waals surface area contributed by atoms with E-state index in [0.717, 1.165) is 30.8 Å². The van der Waals surface area contributed by atoms with Gasteiger partial charge in [0.2, 0.25) is 5.91 Å². The van der Waals surface area contributed by atoms with Crippen LogP contribution in [-0.4, -0.2) is 35.4 Å². The number of benzene rings is 1. The van der Waals surface area contributed by atoms with Gasteiger partial charge >= 0.3 is 0 Å². The number of rotatable bonds is 11. The van der Waals surface area contributed by atoms with Crippen LogP contribution in [0.25, 0.3) is 0 Å². The van der Waals surface area contributed by atoms with Gasteiger partial charge in [0.25, 0.3) is 0 Å². The fraction of sp³-hybridized carbons (Fsp3) is 0.524. The van der Waals surface area contributed by atoms with Gasteiger partial charge in [0.15, 0.2) is 0 Å². The van der Waals surface area contributed by atoms with Gasteiger partial charge in [0.1, 0.15) is 0 Å². The lowest BCUT2D eigenvalue weighted by atomic mass is 10.1. The summed E-state index contributed by atoms with van der Waals surface area (Å²) in [6.07, 6.45) is 2.18. The van der Waals surface area contributed by atoms with E-state index in [0.29, 0.717) is 32.1 Å². The summed E-state index contributed by atoms with van der Waals surface area (Å²) in [5, 5.41) is 7.47. The molecule has 26 heavy (non-hydrogen) atoms. The quantitative estimate of drug-likeness (QED) is 0.628. The van der Waals surface area contributed by atoms with E-state index >= 15 is 0 Å². The van der Waals surface area contributed by atoms with Crippen LogP contribution >= 0.6 is 0 Å². The van der Waals surface area contributed by atoms with E-state index in [1.54, 1.807) is 0 Å². The zero-order chi connectivity index (χ0) is 18.8. The van der Waals surface area contributed by atoms with Gasteiger partial charge in [-0.15, -0.1) is 0 Å². The van der Waals surface area contributed by atoms with Crippen molar-refractivity contribution in [2.24, 2.45) is 5.92 Å². The molecule has 5 nitrogen and oxygen atoms in total. The fourth-order valence-corrected chi connectivity index (χ4v) is 2.87. The average Bonchev–Trinajstić information content (AvgIpc) is 2.94. The summed E-state index contributed by atoms with van der Waals surface area (Å²) in [4.78, 5) is 11.9. The molecule has 2 aromatic rings. The summed E-state index contributed by atoms with van der Waals surface area (Å²) in [5.41, 5.74) is 3.47. The summed E-state index contributed by atoms with van der Waals surface area (Å²) in [6, 6.07) is 12.4.